The van der Waals surface area contributed by atoms with E-state index in [1.165, 1.54) is 39.0 Å². The van der Waals surface area contributed by atoms with E-state index < -0.39 is 6.04 Å². The Morgan fingerprint density at radius 2 is 1.72 bits per heavy atom. The fourth-order valence-electron chi connectivity index (χ4n) is 2.34. The summed E-state index contributed by atoms with van der Waals surface area (Å²) in [6.45, 7) is 1.42. The molecule has 1 fully saturated rings. The molecule has 104 valence electrons. The van der Waals surface area contributed by atoms with Gasteiger partial charge in [0.05, 0.1) is 0 Å². The molecule has 0 saturated heterocycles. The highest BCUT2D eigenvalue weighted by Crippen LogP contribution is 2.17. The molecule has 1 aliphatic carbocycles. The van der Waals surface area contributed by atoms with Gasteiger partial charge >= 0.3 is 0 Å². The summed E-state index contributed by atoms with van der Waals surface area (Å²) in [4.78, 5) is 23.0. The molecule has 1 saturated carbocycles. The lowest BCUT2D eigenvalue weighted by Gasteiger charge is -2.23. The molecule has 0 spiro atoms. The van der Waals surface area contributed by atoms with Crippen molar-refractivity contribution in [2.75, 3.05) is 5.75 Å². The summed E-state index contributed by atoms with van der Waals surface area (Å²) in [5, 5.41) is 5.66. The monoisotopic (exact) mass is 272 g/mol. The van der Waals surface area contributed by atoms with E-state index in [0.29, 0.717) is 5.75 Å². The van der Waals surface area contributed by atoms with Crippen LogP contribution >= 0.6 is 12.6 Å². The number of carbonyl (C=O) groups excluding carboxylic acids is 2. The second kappa shape index (κ2) is 8.40. The van der Waals surface area contributed by atoms with Crippen molar-refractivity contribution in [1.82, 2.24) is 10.6 Å². The van der Waals surface area contributed by atoms with E-state index in [0.717, 1.165) is 12.8 Å². The largest absolute Gasteiger partial charge is 0.352 e. The second-order valence-corrected chi connectivity index (χ2v) is 5.35. The first-order chi connectivity index (χ1) is 8.63. The van der Waals surface area contributed by atoms with Crippen LogP contribution in [0.1, 0.15) is 51.9 Å². The molecule has 1 rings (SSSR count). The predicted molar refractivity (Wildman–Crippen MR) is 75.7 cm³/mol. The van der Waals surface area contributed by atoms with E-state index in [1.54, 1.807) is 0 Å². The van der Waals surface area contributed by atoms with Crippen molar-refractivity contribution < 1.29 is 9.59 Å². The Hall–Kier alpha value is -0.710. The van der Waals surface area contributed by atoms with Crippen molar-refractivity contribution in [3.63, 3.8) is 0 Å². The summed E-state index contributed by atoms with van der Waals surface area (Å²) < 4.78 is 0. The summed E-state index contributed by atoms with van der Waals surface area (Å²) in [5.74, 6) is 0.0330. The van der Waals surface area contributed by atoms with Crippen LogP contribution in [0.15, 0.2) is 0 Å². The zero-order valence-electron chi connectivity index (χ0n) is 11.1. The fraction of sp³-hybridized carbons (Fsp3) is 0.846. The highest BCUT2D eigenvalue weighted by molar-refractivity contribution is 7.80. The molecule has 0 aliphatic heterocycles. The van der Waals surface area contributed by atoms with Crippen LogP contribution in [0.25, 0.3) is 0 Å². The van der Waals surface area contributed by atoms with E-state index in [9.17, 15) is 9.59 Å². The molecule has 0 bridgehead atoms. The molecule has 0 aromatic rings. The third-order valence-electron chi connectivity index (χ3n) is 3.33. The van der Waals surface area contributed by atoms with E-state index in [2.05, 4.69) is 23.3 Å². The van der Waals surface area contributed by atoms with Crippen LogP contribution in [0.3, 0.4) is 0 Å². The number of amides is 2. The molecule has 1 aliphatic rings. The Bertz CT molecular complexity index is 276. The smallest absolute Gasteiger partial charge is 0.243 e. The summed E-state index contributed by atoms with van der Waals surface area (Å²) in [5.41, 5.74) is 0. The SMILES string of the molecule is CC(=O)NC(CS)C(=O)NC1CCCCCCC1. The molecule has 18 heavy (non-hydrogen) atoms. The zero-order chi connectivity index (χ0) is 13.4. The standard InChI is InChI=1S/C13H24N2O2S/c1-10(16)14-12(9-18)13(17)15-11-7-5-3-2-4-6-8-11/h11-12,18H,2-9H2,1H3,(H,14,16)(H,15,17). The maximum atomic E-state index is 12.0. The maximum absolute atomic E-state index is 12.0. The molecule has 1 atom stereocenters. The van der Waals surface area contributed by atoms with Crippen LogP contribution < -0.4 is 10.6 Å². The summed E-state index contributed by atoms with van der Waals surface area (Å²) in [6, 6.07) is -0.259. The van der Waals surface area contributed by atoms with Crippen molar-refractivity contribution >= 4 is 24.4 Å². The molecule has 4 nitrogen and oxygen atoms in total. The normalized spacial score (nSPS) is 19.4. The van der Waals surface area contributed by atoms with E-state index >= 15 is 0 Å². The minimum atomic E-state index is -0.517. The first-order valence-corrected chi connectivity index (χ1v) is 7.45. The first kappa shape index (κ1) is 15.3. The van der Waals surface area contributed by atoms with Gasteiger partial charge in [-0.1, -0.05) is 32.1 Å². The van der Waals surface area contributed by atoms with Gasteiger partial charge in [0, 0.05) is 18.7 Å². The Morgan fingerprint density at radius 1 is 1.17 bits per heavy atom. The lowest BCUT2D eigenvalue weighted by Crippen LogP contribution is -2.50. The van der Waals surface area contributed by atoms with Crippen LogP contribution in [-0.2, 0) is 9.59 Å². The van der Waals surface area contributed by atoms with Gasteiger partial charge in [-0.05, 0) is 12.8 Å². The van der Waals surface area contributed by atoms with Crippen molar-refractivity contribution in [1.29, 1.82) is 0 Å². The quantitative estimate of drug-likeness (QED) is 0.682. The van der Waals surface area contributed by atoms with Crippen LogP contribution in [0.4, 0.5) is 0 Å². The van der Waals surface area contributed by atoms with E-state index in [1.807, 2.05) is 0 Å². The Balaban J connectivity index is 2.42. The number of carbonyl (C=O) groups is 2. The summed E-state index contributed by atoms with van der Waals surface area (Å²) in [7, 11) is 0. The predicted octanol–water partition coefficient (Wildman–Crippen LogP) is 1.65. The molecule has 2 N–H and O–H groups in total. The van der Waals surface area contributed by atoms with Crippen molar-refractivity contribution in [2.24, 2.45) is 0 Å². The van der Waals surface area contributed by atoms with Gasteiger partial charge in [-0.15, -0.1) is 0 Å². The molecule has 5 heteroatoms. The van der Waals surface area contributed by atoms with E-state index in [-0.39, 0.29) is 17.9 Å². The van der Waals surface area contributed by atoms with Crippen LogP contribution in [-0.4, -0.2) is 29.7 Å². The van der Waals surface area contributed by atoms with Gasteiger partial charge in [-0.3, -0.25) is 9.59 Å². The molecule has 1 unspecified atom stereocenters. The first-order valence-electron chi connectivity index (χ1n) is 6.82. The van der Waals surface area contributed by atoms with Crippen molar-refractivity contribution in [3.05, 3.63) is 0 Å². The minimum Gasteiger partial charge on any atom is -0.352 e. The van der Waals surface area contributed by atoms with Crippen LogP contribution in [0, 0.1) is 0 Å². The number of hydrogen-bond acceptors (Lipinski definition) is 3. The van der Waals surface area contributed by atoms with Gasteiger partial charge < -0.3 is 10.6 Å². The molecular weight excluding hydrogens is 248 g/mol. The lowest BCUT2D eigenvalue weighted by molar-refractivity contribution is -0.128. The van der Waals surface area contributed by atoms with Gasteiger partial charge in [0.15, 0.2) is 0 Å². The molecule has 0 radical (unpaired) electrons. The third-order valence-corrected chi connectivity index (χ3v) is 3.69. The topological polar surface area (TPSA) is 58.2 Å². The number of thiol groups is 1. The number of hydrogen-bond donors (Lipinski definition) is 3. The Morgan fingerprint density at radius 3 is 2.22 bits per heavy atom. The highest BCUT2D eigenvalue weighted by atomic mass is 32.1. The van der Waals surface area contributed by atoms with Crippen molar-refractivity contribution in [3.8, 4) is 0 Å². The van der Waals surface area contributed by atoms with Crippen LogP contribution in [0.2, 0.25) is 0 Å². The molecular formula is C13H24N2O2S. The fourth-order valence-corrected chi connectivity index (χ4v) is 2.60. The zero-order valence-corrected chi connectivity index (χ0v) is 12.0. The molecule has 0 aromatic carbocycles. The maximum Gasteiger partial charge on any atom is 0.243 e. The van der Waals surface area contributed by atoms with Gasteiger partial charge in [-0.2, -0.15) is 12.6 Å². The minimum absolute atomic E-state index is 0.106. The van der Waals surface area contributed by atoms with Gasteiger partial charge in [-0.25, -0.2) is 0 Å². The molecule has 2 amide bonds. The third kappa shape index (κ3) is 5.76. The average Bonchev–Trinajstić information content (AvgIpc) is 2.28. The lowest BCUT2D eigenvalue weighted by atomic mass is 9.96. The summed E-state index contributed by atoms with van der Waals surface area (Å²) in [6.07, 6.45) is 8.28. The van der Waals surface area contributed by atoms with Gasteiger partial charge in [0.25, 0.3) is 0 Å². The average molecular weight is 272 g/mol. The van der Waals surface area contributed by atoms with Gasteiger partial charge in [0.1, 0.15) is 6.04 Å². The number of nitrogens with one attached hydrogen (secondary N) is 2. The number of rotatable bonds is 4. The second-order valence-electron chi connectivity index (χ2n) is 4.99. The Labute approximate surface area is 115 Å². The summed E-state index contributed by atoms with van der Waals surface area (Å²) >= 11 is 4.11. The van der Waals surface area contributed by atoms with Crippen LogP contribution in [0.5, 0.6) is 0 Å². The van der Waals surface area contributed by atoms with Crippen molar-refractivity contribution in [2.45, 2.75) is 64.0 Å². The highest BCUT2D eigenvalue weighted by Gasteiger charge is 2.21. The van der Waals surface area contributed by atoms with Gasteiger partial charge in [0.2, 0.25) is 11.8 Å². The van der Waals surface area contributed by atoms with E-state index in [4.69, 9.17) is 0 Å². The molecule has 0 heterocycles. The Kier molecular flexibility index (Phi) is 7.16. The molecule has 0 aromatic heterocycles.